The lowest BCUT2D eigenvalue weighted by Crippen LogP contribution is -2.46. The summed E-state index contributed by atoms with van der Waals surface area (Å²) >= 11 is 0. The molecule has 0 aromatic carbocycles. The van der Waals surface area contributed by atoms with Gasteiger partial charge < -0.3 is 16.2 Å². The molecule has 1 aromatic heterocycles. The van der Waals surface area contributed by atoms with Crippen molar-refractivity contribution in [2.24, 2.45) is 10.8 Å². The van der Waals surface area contributed by atoms with Crippen LogP contribution < -0.4 is 22.3 Å². The van der Waals surface area contributed by atoms with Crippen LogP contribution in [0, 0.1) is 10.8 Å². The highest BCUT2D eigenvalue weighted by Gasteiger charge is 2.53. The van der Waals surface area contributed by atoms with E-state index in [1.165, 1.54) is 9.13 Å². The molecule has 2 aliphatic carbocycles. The van der Waals surface area contributed by atoms with Gasteiger partial charge in [0.15, 0.2) is 0 Å². The molecular weight excluding hydrogens is 396 g/mol. The molecule has 0 spiro atoms. The summed E-state index contributed by atoms with van der Waals surface area (Å²) < 4.78 is 2.81. The SMILES string of the molecule is CCCn1c(N)c(NC(C)C23CCCC(CCC(=O)O)(CC2)C3)c(=O)n(CCC)c1=O. The lowest BCUT2D eigenvalue weighted by molar-refractivity contribution is -0.137. The van der Waals surface area contributed by atoms with Gasteiger partial charge in [-0.3, -0.25) is 18.7 Å². The first-order chi connectivity index (χ1) is 14.7. The monoisotopic (exact) mass is 434 g/mol. The Bertz CT molecular complexity index is 937. The van der Waals surface area contributed by atoms with E-state index in [9.17, 15) is 14.4 Å². The van der Waals surface area contributed by atoms with Crippen LogP contribution in [-0.2, 0) is 17.9 Å². The number of carboxylic acid groups (broad SMARTS) is 1. The number of carbonyl (C=O) groups is 1. The number of nitrogens with one attached hydrogen (secondary N) is 1. The summed E-state index contributed by atoms with van der Waals surface area (Å²) in [6.45, 7) is 6.87. The molecule has 2 fully saturated rings. The van der Waals surface area contributed by atoms with Crippen molar-refractivity contribution in [1.82, 2.24) is 9.13 Å². The largest absolute Gasteiger partial charge is 0.481 e. The molecule has 1 heterocycles. The van der Waals surface area contributed by atoms with Crippen molar-refractivity contribution >= 4 is 17.5 Å². The van der Waals surface area contributed by atoms with Crippen LogP contribution in [0.1, 0.15) is 85.0 Å². The number of nitrogens with zero attached hydrogens (tertiary/aromatic N) is 2. The molecule has 4 N–H and O–H groups in total. The highest BCUT2D eigenvalue weighted by molar-refractivity contribution is 5.66. The molecule has 0 radical (unpaired) electrons. The van der Waals surface area contributed by atoms with Gasteiger partial charge >= 0.3 is 11.7 Å². The zero-order chi connectivity index (χ0) is 22.8. The van der Waals surface area contributed by atoms with Gasteiger partial charge in [-0.1, -0.05) is 20.3 Å². The fourth-order valence-corrected chi connectivity index (χ4v) is 6.06. The number of hydrogen-bond donors (Lipinski definition) is 3. The zero-order valence-corrected chi connectivity index (χ0v) is 19.2. The van der Waals surface area contributed by atoms with Gasteiger partial charge in [-0.25, -0.2) is 4.79 Å². The van der Waals surface area contributed by atoms with E-state index in [0.717, 1.165) is 51.4 Å². The first kappa shape index (κ1) is 23.4. The first-order valence-electron chi connectivity index (χ1n) is 11.8. The van der Waals surface area contributed by atoms with E-state index in [0.29, 0.717) is 25.2 Å². The maximum absolute atomic E-state index is 13.2. The Morgan fingerprint density at radius 3 is 2.45 bits per heavy atom. The number of aromatic nitrogens is 2. The van der Waals surface area contributed by atoms with Gasteiger partial charge in [-0.2, -0.15) is 0 Å². The lowest BCUT2D eigenvalue weighted by Gasteiger charge is -2.43. The number of fused-ring (bicyclic) bond motifs is 2. The minimum absolute atomic E-state index is 0.0113. The number of hydrogen-bond acceptors (Lipinski definition) is 5. The molecule has 8 nitrogen and oxygen atoms in total. The molecule has 0 amide bonds. The Labute approximate surface area is 183 Å². The molecule has 2 saturated carbocycles. The summed E-state index contributed by atoms with van der Waals surface area (Å²) in [7, 11) is 0. The quantitative estimate of drug-likeness (QED) is 0.519. The van der Waals surface area contributed by atoms with Crippen LogP contribution in [0.5, 0.6) is 0 Å². The molecule has 0 aliphatic heterocycles. The zero-order valence-electron chi connectivity index (χ0n) is 19.2. The molecule has 2 bridgehead atoms. The summed E-state index contributed by atoms with van der Waals surface area (Å²) in [5, 5.41) is 12.6. The van der Waals surface area contributed by atoms with Crippen LogP contribution in [0.3, 0.4) is 0 Å². The average Bonchev–Trinajstić information content (AvgIpc) is 3.01. The predicted octanol–water partition coefficient (Wildman–Crippen LogP) is 3.42. The molecule has 3 atom stereocenters. The standard InChI is InChI=1S/C23H38N4O4/c1-4-13-26-19(24)18(20(30)27(14-5-2)21(26)31)25-16(3)23-9-6-8-22(15-23,11-12-23)10-7-17(28)29/h16,25H,4-15,24H2,1-3H3,(H,28,29). The van der Waals surface area contributed by atoms with Crippen molar-refractivity contribution in [2.45, 2.75) is 104 Å². The third-order valence-corrected chi connectivity index (χ3v) is 7.77. The van der Waals surface area contributed by atoms with Gasteiger partial charge in [0.25, 0.3) is 5.56 Å². The van der Waals surface area contributed by atoms with E-state index in [4.69, 9.17) is 10.8 Å². The Kier molecular flexibility index (Phi) is 6.86. The van der Waals surface area contributed by atoms with Gasteiger partial charge in [0, 0.05) is 25.6 Å². The Hall–Kier alpha value is -2.25. The molecule has 31 heavy (non-hydrogen) atoms. The third kappa shape index (κ3) is 4.39. The molecule has 1 aromatic rings. The summed E-state index contributed by atoms with van der Waals surface area (Å²) in [6, 6.07) is 0.0113. The van der Waals surface area contributed by atoms with Crippen LogP contribution >= 0.6 is 0 Å². The molecule has 3 unspecified atom stereocenters. The third-order valence-electron chi connectivity index (χ3n) is 7.77. The predicted molar refractivity (Wildman–Crippen MR) is 122 cm³/mol. The second-order valence-electron chi connectivity index (χ2n) is 9.80. The van der Waals surface area contributed by atoms with Crippen molar-refractivity contribution in [1.29, 1.82) is 0 Å². The minimum Gasteiger partial charge on any atom is -0.481 e. The average molecular weight is 435 g/mol. The number of nitrogen functional groups attached to an aromatic ring is 1. The van der Waals surface area contributed by atoms with Gasteiger partial charge in [-0.15, -0.1) is 0 Å². The number of rotatable bonds is 10. The van der Waals surface area contributed by atoms with Crippen LogP contribution in [-0.4, -0.2) is 26.3 Å². The van der Waals surface area contributed by atoms with Gasteiger partial charge in [0.1, 0.15) is 11.5 Å². The fourth-order valence-electron chi connectivity index (χ4n) is 6.06. The summed E-state index contributed by atoms with van der Waals surface area (Å²) in [5.41, 5.74) is 6.11. The summed E-state index contributed by atoms with van der Waals surface area (Å²) in [4.78, 5) is 37.1. The van der Waals surface area contributed by atoms with E-state index < -0.39 is 5.97 Å². The van der Waals surface area contributed by atoms with Gasteiger partial charge in [-0.05, 0) is 69.1 Å². The highest BCUT2D eigenvalue weighted by Crippen LogP contribution is 2.62. The van der Waals surface area contributed by atoms with Crippen LogP contribution in [0.4, 0.5) is 11.5 Å². The number of nitrogens with two attached hydrogens (primary N) is 1. The molecule has 8 heteroatoms. The fraction of sp³-hybridized carbons (Fsp3) is 0.783. The normalized spacial score (nSPS) is 26.0. The van der Waals surface area contributed by atoms with Gasteiger partial charge in [0.2, 0.25) is 0 Å². The van der Waals surface area contributed by atoms with Crippen molar-refractivity contribution < 1.29 is 9.90 Å². The molecule has 2 aliphatic rings. The maximum Gasteiger partial charge on any atom is 0.332 e. The maximum atomic E-state index is 13.2. The number of anilines is 2. The van der Waals surface area contributed by atoms with Crippen molar-refractivity contribution in [2.75, 3.05) is 11.1 Å². The Morgan fingerprint density at radius 2 is 1.81 bits per heavy atom. The van der Waals surface area contributed by atoms with E-state index in [2.05, 4.69) is 12.2 Å². The van der Waals surface area contributed by atoms with Crippen LogP contribution in [0.25, 0.3) is 0 Å². The van der Waals surface area contributed by atoms with Crippen LogP contribution in [0.15, 0.2) is 9.59 Å². The lowest BCUT2D eigenvalue weighted by atomic mass is 9.64. The van der Waals surface area contributed by atoms with Crippen molar-refractivity contribution in [3.05, 3.63) is 20.8 Å². The van der Waals surface area contributed by atoms with E-state index in [1.807, 2.05) is 13.8 Å². The van der Waals surface area contributed by atoms with Crippen molar-refractivity contribution in [3.63, 3.8) is 0 Å². The molecule has 0 saturated heterocycles. The number of carboxylic acids is 1. The van der Waals surface area contributed by atoms with E-state index >= 15 is 0 Å². The number of aliphatic carboxylic acids is 1. The smallest absolute Gasteiger partial charge is 0.332 e. The highest BCUT2D eigenvalue weighted by atomic mass is 16.4. The summed E-state index contributed by atoms with van der Waals surface area (Å²) in [5.74, 6) is -0.510. The minimum atomic E-state index is -0.731. The first-order valence-corrected chi connectivity index (χ1v) is 11.8. The molecule has 174 valence electrons. The Morgan fingerprint density at radius 1 is 1.13 bits per heavy atom. The second kappa shape index (κ2) is 9.09. The Balaban J connectivity index is 1.91. The van der Waals surface area contributed by atoms with Crippen molar-refractivity contribution in [3.8, 4) is 0 Å². The summed E-state index contributed by atoms with van der Waals surface area (Å²) in [6.07, 6.45) is 8.66. The molecular formula is C23H38N4O4. The second-order valence-corrected chi connectivity index (χ2v) is 9.80. The topological polar surface area (TPSA) is 119 Å². The van der Waals surface area contributed by atoms with Gasteiger partial charge in [0.05, 0.1) is 0 Å². The van der Waals surface area contributed by atoms with E-state index in [1.54, 1.807) is 0 Å². The molecule has 3 rings (SSSR count). The van der Waals surface area contributed by atoms with E-state index in [-0.39, 0.29) is 40.4 Å². The van der Waals surface area contributed by atoms with Crippen LogP contribution in [0.2, 0.25) is 0 Å².